The number of hydrogen-bond donors (Lipinski definition) is 2. The minimum Gasteiger partial charge on any atom is -0.494 e. The van der Waals surface area contributed by atoms with E-state index in [0.717, 1.165) is 17.3 Å². The van der Waals surface area contributed by atoms with Crippen molar-refractivity contribution in [2.75, 3.05) is 20.8 Å². The van der Waals surface area contributed by atoms with Crippen LogP contribution < -0.4 is 15.4 Å². The molecule has 0 saturated heterocycles. The van der Waals surface area contributed by atoms with E-state index in [9.17, 15) is 0 Å². The Hall–Kier alpha value is -2.53. The Balaban J connectivity index is 1.97. The maximum absolute atomic E-state index is 5.74. The quantitative estimate of drug-likeness (QED) is 0.563. The van der Waals surface area contributed by atoms with Crippen molar-refractivity contribution in [3.63, 3.8) is 0 Å². The zero-order chi connectivity index (χ0) is 18.8. The van der Waals surface area contributed by atoms with Crippen LogP contribution in [0.2, 0.25) is 0 Å². The number of aryl methyl sites for hydroxylation is 1. The third kappa shape index (κ3) is 5.77. The van der Waals surface area contributed by atoms with Crippen LogP contribution in [0, 0.1) is 6.92 Å². The minimum absolute atomic E-state index is 0.602. The molecule has 26 heavy (non-hydrogen) atoms. The van der Waals surface area contributed by atoms with Crippen LogP contribution in [0.3, 0.4) is 0 Å². The Kier molecular flexibility index (Phi) is 7.96. The first-order chi connectivity index (χ1) is 12.7. The second-order valence-electron chi connectivity index (χ2n) is 6.03. The first-order valence-electron chi connectivity index (χ1n) is 8.90. The van der Waals surface area contributed by atoms with Crippen LogP contribution in [0.4, 0.5) is 0 Å². The van der Waals surface area contributed by atoms with Crippen LogP contribution in [0.15, 0.2) is 47.5 Å². The first kappa shape index (κ1) is 19.8. The number of benzene rings is 2. The van der Waals surface area contributed by atoms with Gasteiger partial charge >= 0.3 is 0 Å². The van der Waals surface area contributed by atoms with Crippen LogP contribution >= 0.6 is 0 Å². The minimum atomic E-state index is 0.602. The van der Waals surface area contributed by atoms with Gasteiger partial charge < -0.3 is 20.1 Å². The topological polar surface area (TPSA) is 54.9 Å². The monoisotopic (exact) mass is 355 g/mol. The molecule has 2 aromatic rings. The molecule has 0 bridgehead atoms. The molecule has 0 atom stereocenters. The molecule has 0 heterocycles. The van der Waals surface area contributed by atoms with Gasteiger partial charge in [0.25, 0.3) is 0 Å². The smallest absolute Gasteiger partial charge is 0.191 e. The lowest BCUT2D eigenvalue weighted by Gasteiger charge is -2.16. The standard InChI is InChI=1S/C21H29N3O2/c1-5-26-20-12-16(2)10-11-18(20)14-24-21(22-3)23-13-17-8-6-7-9-19(17)15-25-4/h6-12H,5,13-15H2,1-4H3,(H2,22,23,24). The summed E-state index contributed by atoms with van der Waals surface area (Å²) >= 11 is 0. The molecule has 0 fully saturated rings. The molecule has 0 aliphatic rings. The normalized spacial score (nSPS) is 11.3. The number of nitrogens with zero attached hydrogens (tertiary/aromatic N) is 1. The van der Waals surface area contributed by atoms with E-state index in [1.807, 2.05) is 19.1 Å². The Morgan fingerprint density at radius 1 is 1.00 bits per heavy atom. The molecule has 2 N–H and O–H groups in total. The maximum Gasteiger partial charge on any atom is 0.191 e. The average molecular weight is 355 g/mol. The molecule has 2 rings (SSSR count). The van der Waals surface area contributed by atoms with Crippen molar-refractivity contribution in [1.82, 2.24) is 10.6 Å². The highest BCUT2D eigenvalue weighted by Crippen LogP contribution is 2.20. The molecular formula is C21H29N3O2. The summed E-state index contributed by atoms with van der Waals surface area (Å²) in [6.45, 7) is 6.65. The van der Waals surface area contributed by atoms with E-state index >= 15 is 0 Å². The molecule has 0 amide bonds. The lowest BCUT2D eigenvalue weighted by atomic mass is 10.1. The largest absolute Gasteiger partial charge is 0.494 e. The fourth-order valence-corrected chi connectivity index (χ4v) is 2.70. The van der Waals surface area contributed by atoms with Crippen molar-refractivity contribution in [2.45, 2.75) is 33.5 Å². The lowest BCUT2D eigenvalue weighted by Crippen LogP contribution is -2.36. The number of rotatable bonds is 8. The van der Waals surface area contributed by atoms with Crippen LogP contribution in [0.25, 0.3) is 0 Å². The van der Waals surface area contributed by atoms with Crippen molar-refractivity contribution in [1.29, 1.82) is 0 Å². The number of nitrogens with one attached hydrogen (secondary N) is 2. The van der Waals surface area contributed by atoms with Crippen LogP contribution in [-0.4, -0.2) is 26.7 Å². The summed E-state index contributed by atoms with van der Waals surface area (Å²) in [4.78, 5) is 4.31. The molecule has 2 aromatic carbocycles. The molecule has 140 valence electrons. The Morgan fingerprint density at radius 3 is 2.35 bits per heavy atom. The summed E-state index contributed by atoms with van der Waals surface area (Å²) in [6, 6.07) is 14.5. The number of aliphatic imine (C=N–C) groups is 1. The van der Waals surface area contributed by atoms with Crippen LogP contribution in [-0.2, 0) is 24.4 Å². The zero-order valence-electron chi connectivity index (χ0n) is 16.1. The second kappa shape index (κ2) is 10.5. The van der Waals surface area contributed by atoms with Gasteiger partial charge in [-0.2, -0.15) is 0 Å². The fourth-order valence-electron chi connectivity index (χ4n) is 2.70. The van der Waals surface area contributed by atoms with Gasteiger partial charge in [-0.3, -0.25) is 4.99 Å². The molecule has 0 aliphatic carbocycles. The van der Waals surface area contributed by atoms with E-state index in [2.05, 4.69) is 52.9 Å². The van der Waals surface area contributed by atoms with E-state index in [4.69, 9.17) is 9.47 Å². The fraction of sp³-hybridized carbons (Fsp3) is 0.381. The molecule has 0 unspecified atom stereocenters. The lowest BCUT2D eigenvalue weighted by molar-refractivity contribution is 0.184. The average Bonchev–Trinajstić information content (AvgIpc) is 2.65. The van der Waals surface area contributed by atoms with E-state index in [-0.39, 0.29) is 0 Å². The molecule has 0 aromatic heterocycles. The summed E-state index contributed by atoms with van der Waals surface area (Å²) in [5, 5.41) is 6.71. The Morgan fingerprint density at radius 2 is 1.69 bits per heavy atom. The van der Waals surface area contributed by atoms with Crippen molar-refractivity contribution in [3.8, 4) is 5.75 Å². The van der Waals surface area contributed by atoms with Gasteiger partial charge in [-0.15, -0.1) is 0 Å². The maximum atomic E-state index is 5.74. The Labute approximate surface area is 156 Å². The van der Waals surface area contributed by atoms with Crippen LogP contribution in [0.1, 0.15) is 29.2 Å². The molecule has 0 spiro atoms. The van der Waals surface area contributed by atoms with Crippen molar-refractivity contribution < 1.29 is 9.47 Å². The number of methoxy groups -OCH3 is 1. The summed E-state index contributed by atoms with van der Waals surface area (Å²) in [6.07, 6.45) is 0. The summed E-state index contributed by atoms with van der Waals surface area (Å²) in [7, 11) is 3.48. The van der Waals surface area contributed by atoms with E-state index in [1.54, 1.807) is 14.2 Å². The third-order valence-electron chi connectivity index (χ3n) is 4.06. The van der Waals surface area contributed by atoms with Gasteiger partial charge in [0.05, 0.1) is 13.2 Å². The van der Waals surface area contributed by atoms with E-state index in [0.29, 0.717) is 26.3 Å². The summed E-state index contributed by atoms with van der Waals surface area (Å²) in [5.74, 6) is 1.67. The SMILES string of the molecule is CCOc1cc(C)ccc1CNC(=NC)NCc1ccccc1COC. The second-order valence-corrected chi connectivity index (χ2v) is 6.03. The van der Waals surface area contributed by atoms with Crippen molar-refractivity contribution >= 4 is 5.96 Å². The number of ether oxygens (including phenoxy) is 2. The number of hydrogen-bond acceptors (Lipinski definition) is 3. The molecule has 0 radical (unpaired) electrons. The zero-order valence-corrected chi connectivity index (χ0v) is 16.1. The molecule has 5 nitrogen and oxygen atoms in total. The molecule has 5 heteroatoms. The predicted molar refractivity (Wildman–Crippen MR) is 107 cm³/mol. The summed E-state index contributed by atoms with van der Waals surface area (Å²) < 4.78 is 11.0. The molecule has 0 saturated carbocycles. The van der Waals surface area contributed by atoms with Gasteiger partial charge in [-0.25, -0.2) is 0 Å². The van der Waals surface area contributed by atoms with E-state index < -0.39 is 0 Å². The van der Waals surface area contributed by atoms with Gasteiger partial charge in [0.1, 0.15) is 5.75 Å². The first-order valence-corrected chi connectivity index (χ1v) is 8.90. The molecule has 0 aliphatic heterocycles. The van der Waals surface area contributed by atoms with Gasteiger partial charge in [0.15, 0.2) is 5.96 Å². The summed E-state index contributed by atoms with van der Waals surface area (Å²) in [5.41, 5.74) is 4.67. The van der Waals surface area contributed by atoms with Gasteiger partial charge in [0, 0.05) is 32.8 Å². The third-order valence-corrected chi connectivity index (χ3v) is 4.06. The Bertz CT molecular complexity index is 729. The van der Waals surface area contributed by atoms with Gasteiger partial charge in [0.2, 0.25) is 0 Å². The highest BCUT2D eigenvalue weighted by Gasteiger charge is 2.07. The van der Waals surface area contributed by atoms with Crippen molar-refractivity contribution in [3.05, 3.63) is 64.7 Å². The molecular weight excluding hydrogens is 326 g/mol. The van der Waals surface area contributed by atoms with E-state index in [1.165, 1.54) is 16.7 Å². The predicted octanol–water partition coefficient (Wildman–Crippen LogP) is 3.41. The van der Waals surface area contributed by atoms with Gasteiger partial charge in [-0.05, 0) is 36.6 Å². The highest BCUT2D eigenvalue weighted by molar-refractivity contribution is 5.79. The van der Waals surface area contributed by atoms with Crippen molar-refractivity contribution in [2.24, 2.45) is 4.99 Å². The number of guanidine groups is 1. The highest BCUT2D eigenvalue weighted by atomic mass is 16.5. The van der Waals surface area contributed by atoms with Crippen LogP contribution in [0.5, 0.6) is 5.75 Å². The van der Waals surface area contributed by atoms with Gasteiger partial charge in [-0.1, -0.05) is 36.4 Å².